The predicted molar refractivity (Wildman–Crippen MR) is 90.7 cm³/mol. The van der Waals surface area contributed by atoms with Crippen molar-refractivity contribution in [1.82, 2.24) is 4.72 Å². The van der Waals surface area contributed by atoms with Gasteiger partial charge in [-0.25, -0.2) is 13.1 Å². The summed E-state index contributed by atoms with van der Waals surface area (Å²) in [7, 11) is -3.49. The second-order valence-corrected chi connectivity index (χ2v) is 8.67. The van der Waals surface area contributed by atoms with E-state index in [0.29, 0.717) is 5.69 Å². The number of hydrogen-bond donors (Lipinski definition) is 2. The Bertz CT molecular complexity index is 608. The lowest BCUT2D eigenvalue weighted by molar-refractivity contribution is -0.115. The highest BCUT2D eigenvalue weighted by molar-refractivity contribution is 9.10. The van der Waals surface area contributed by atoms with Gasteiger partial charge in [0, 0.05) is 11.7 Å². The normalized spacial score (nSPS) is 17.9. The fourth-order valence-electron chi connectivity index (χ4n) is 2.47. The van der Waals surface area contributed by atoms with Crippen LogP contribution in [0.2, 0.25) is 0 Å². The number of alkyl halides is 1. The Morgan fingerprint density at radius 1 is 1.18 bits per heavy atom. The molecule has 0 unspecified atom stereocenters. The number of carbonyl (C=O) groups excluding carboxylic acids is 1. The van der Waals surface area contributed by atoms with Gasteiger partial charge >= 0.3 is 0 Å². The Labute approximate surface area is 140 Å². The van der Waals surface area contributed by atoms with Crippen LogP contribution in [-0.4, -0.2) is 25.2 Å². The van der Waals surface area contributed by atoms with Crippen LogP contribution in [0.15, 0.2) is 29.2 Å². The van der Waals surface area contributed by atoms with Gasteiger partial charge in [-0.2, -0.15) is 0 Å². The number of nitrogens with one attached hydrogen (secondary N) is 2. The van der Waals surface area contributed by atoms with Crippen LogP contribution in [0.4, 0.5) is 5.69 Å². The predicted octanol–water partition coefficient (Wildman–Crippen LogP) is 3.02. The Morgan fingerprint density at radius 3 is 2.32 bits per heavy atom. The molecule has 1 atom stereocenters. The van der Waals surface area contributed by atoms with Gasteiger partial charge in [0.15, 0.2) is 0 Å². The Balaban J connectivity index is 2.03. The first kappa shape index (κ1) is 17.4. The highest BCUT2D eigenvalue weighted by atomic mass is 79.9. The third-order valence-electron chi connectivity index (χ3n) is 3.72. The summed E-state index contributed by atoms with van der Waals surface area (Å²) in [6.07, 6.45) is 5.12. The van der Waals surface area contributed by atoms with E-state index in [1.54, 1.807) is 19.1 Å². The van der Waals surface area contributed by atoms with Crippen LogP contribution in [0.25, 0.3) is 0 Å². The fourth-order valence-corrected chi connectivity index (χ4v) is 3.89. The van der Waals surface area contributed by atoms with Crippen molar-refractivity contribution in [3.8, 4) is 0 Å². The van der Waals surface area contributed by atoms with Gasteiger partial charge in [0.2, 0.25) is 15.9 Å². The molecule has 5 nitrogen and oxygen atoms in total. The maximum Gasteiger partial charge on any atom is 0.240 e. The van der Waals surface area contributed by atoms with E-state index >= 15 is 0 Å². The van der Waals surface area contributed by atoms with Crippen molar-refractivity contribution < 1.29 is 13.2 Å². The summed E-state index contributed by atoms with van der Waals surface area (Å²) in [5.74, 6) is -0.170. The zero-order valence-electron chi connectivity index (χ0n) is 12.5. The van der Waals surface area contributed by atoms with E-state index in [2.05, 4.69) is 26.0 Å². The molecule has 1 fully saturated rings. The molecule has 1 aliphatic rings. The molecule has 1 aliphatic carbocycles. The van der Waals surface area contributed by atoms with Gasteiger partial charge in [-0.15, -0.1) is 0 Å². The molecule has 0 radical (unpaired) electrons. The van der Waals surface area contributed by atoms with Crippen LogP contribution < -0.4 is 10.0 Å². The number of amides is 1. The van der Waals surface area contributed by atoms with Gasteiger partial charge in [0.05, 0.1) is 9.72 Å². The first-order valence-electron chi connectivity index (χ1n) is 7.46. The van der Waals surface area contributed by atoms with Crippen LogP contribution in [0.5, 0.6) is 0 Å². The van der Waals surface area contributed by atoms with Crippen molar-refractivity contribution in [2.45, 2.75) is 54.8 Å². The quantitative estimate of drug-likeness (QED) is 0.761. The third kappa shape index (κ3) is 4.79. The molecule has 0 aromatic heterocycles. The summed E-state index contributed by atoms with van der Waals surface area (Å²) in [5, 5.41) is 2.70. The minimum absolute atomic E-state index is 0.0346. The standard InChI is InChI=1S/C15H21BrN2O3S/c1-11(16)15(19)17-12-7-9-14(10-8-12)22(20,21)18-13-5-3-2-4-6-13/h7-11,13,18H,2-6H2,1H3,(H,17,19)/t11-/m1/s1. The molecule has 22 heavy (non-hydrogen) atoms. The Morgan fingerprint density at radius 2 is 1.77 bits per heavy atom. The summed E-state index contributed by atoms with van der Waals surface area (Å²) in [5.41, 5.74) is 0.577. The number of hydrogen-bond acceptors (Lipinski definition) is 3. The smallest absolute Gasteiger partial charge is 0.240 e. The van der Waals surface area contributed by atoms with Gasteiger partial charge < -0.3 is 5.32 Å². The molecule has 1 saturated carbocycles. The van der Waals surface area contributed by atoms with E-state index in [-0.39, 0.29) is 21.7 Å². The van der Waals surface area contributed by atoms with Crippen LogP contribution in [0.3, 0.4) is 0 Å². The molecule has 0 aliphatic heterocycles. The molecule has 0 heterocycles. The number of carbonyl (C=O) groups is 1. The van der Waals surface area contributed by atoms with Gasteiger partial charge in [-0.3, -0.25) is 4.79 Å². The maximum absolute atomic E-state index is 12.3. The first-order chi connectivity index (χ1) is 10.4. The number of halogens is 1. The molecule has 0 saturated heterocycles. The SMILES string of the molecule is C[C@@H](Br)C(=O)Nc1ccc(S(=O)(=O)NC2CCCCC2)cc1. The van der Waals surface area contributed by atoms with Crippen molar-refractivity contribution in [3.05, 3.63) is 24.3 Å². The second-order valence-electron chi connectivity index (χ2n) is 5.59. The van der Waals surface area contributed by atoms with Gasteiger partial charge in [-0.05, 0) is 44.0 Å². The highest BCUT2D eigenvalue weighted by Gasteiger charge is 2.21. The summed E-state index contributed by atoms with van der Waals surface area (Å²) < 4.78 is 27.4. The van der Waals surface area contributed by atoms with Crippen molar-refractivity contribution in [3.63, 3.8) is 0 Å². The van der Waals surface area contributed by atoms with Crippen molar-refractivity contribution in [2.75, 3.05) is 5.32 Å². The van der Waals surface area contributed by atoms with Crippen molar-refractivity contribution in [2.24, 2.45) is 0 Å². The topological polar surface area (TPSA) is 75.3 Å². The third-order valence-corrected chi connectivity index (χ3v) is 5.67. The Hall–Kier alpha value is -0.920. The largest absolute Gasteiger partial charge is 0.325 e. The lowest BCUT2D eigenvalue weighted by atomic mass is 9.96. The molecule has 1 aromatic carbocycles. The number of sulfonamides is 1. The van der Waals surface area contributed by atoms with E-state index in [1.165, 1.54) is 18.6 Å². The molecule has 122 valence electrons. The van der Waals surface area contributed by atoms with Crippen molar-refractivity contribution >= 4 is 37.5 Å². The monoisotopic (exact) mass is 388 g/mol. The molecule has 1 aromatic rings. The van der Waals surface area contributed by atoms with Crippen molar-refractivity contribution in [1.29, 1.82) is 0 Å². The zero-order valence-corrected chi connectivity index (χ0v) is 14.9. The molecular formula is C15H21BrN2O3S. The lowest BCUT2D eigenvalue weighted by Gasteiger charge is -2.22. The fraction of sp³-hybridized carbons (Fsp3) is 0.533. The summed E-state index contributed by atoms with van der Waals surface area (Å²) in [6.45, 7) is 1.72. The molecule has 0 bridgehead atoms. The number of benzene rings is 1. The second kappa shape index (κ2) is 7.57. The van der Waals surface area contributed by atoms with Crippen LogP contribution in [0.1, 0.15) is 39.0 Å². The van der Waals surface area contributed by atoms with E-state index in [1.807, 2.05) is 0 Å². The molecular weight excluding hydrogens is 368 g/mol. The van der Waals surface area contributed by atoms with Crippen LogP contribution in [-0.2, 0) is 14.8 Å². The minimum atomic E-state index is -3.49. The highest BCUT2D eigenvalue weighted by Crippen LogP contribution is 2.21. The summed E-state index contributed by atoms with van der Waals surface area (Å²) >= 11 is 3.18. The maximum atomic E-state index is 12.3. The van der Waals surface area contributed by atoms with Crippen LogP contribution >= 0.6 is 15.9 Å². The number of rotatable bonds is 5. The van der Waals surface area contributed by atoms with E-state index in [9.17, 15) is 13.2 Å². The zero-order chi connectivity index (χ0) is 16.2. The Kier molecular flexibility index (Phi) is 6.00. The first-order valence-corrected chi connectivity index (χ1v) is 9.86. The van der Waals surface area contributed by atoms with Gasteiger partial charge in [-0.1, -0.05) is 35.2 Å². The molecule has 2 rings (SSSR count). The van der Waals surface area contributed by atoms with E-state index < -0.39 is 10.0 Å². The lowest BCUT2D eigenvalue weighted by Crippen LogP contribution is -2.36. The molecule has 1 amide bonds. The average Bonchev–Trinajstić information content (AvgIpc) is 2.48. The summed E-state index contributed by atoms with van der Waals surface area (Å²) in [6, 6.07) is 6.26. The van der Waals surface area contributed by atoms with E-state index in [4.69, 9.17) is 0 Å². The summed E-state index contributed by atoms with van der Waals surface area (Å²) in [4.78, 5) is 11.5. The van der Waals surface area contributed by atoms with E-state index in [0.717, 1.165) is 25.7 Å². The van der Waals surface area contributed by atoms with Gasteiger partial charge in [0.1, 0.15) is 0 Å². The molecule has 2 N–H and O–H groups in total. The average molecular weight is 389 g/mol. The number of anilines is 1. The molecule has 0 spiro atoms. The van der Waals surface area contributed by atoms with Gasteiger partial charge in [0.25, 0.3) is 0 Å². The molecule has 7 heteroatoms. The van der Waals surface area contributed by atoms with Crippen LogP contribution in [0, 0.1) is 0 Å². The minimum Gasteiger partial charge on any atom is -0.325 e.